The van der Waals surface area contributed by atoms with Crippen LogP contribution in [0.25, 0.3) is 0 Å². The maximum atomic E-state index is 5.40. The summed E-state index contributed by atoms with van der Waals surface area (Å²) in [7, 11) is 0. The number of nitrogens with zero attached hydrogens (tertiary/aromatic N) is 2. The van der Waals surface area contributed by atoms with Crippen molar-refractivity contribution in [1.82, 2.24) is 10.2 Å². The summed E-state index contributed by atoms with van der Waals surface area (Å²) < 4.78 is 5.40. The highest BCUT2D eigenvalue weighted by molar-refractivity contribution is 5.49. The molecule has 0 saturated carbocycles. The lowest BCUT2D eigenvalue weighted by Crippen LogP contribution is -2.36. The second-order valence-corrected chi connectivity index (χ2v) is 4.85. The fourth-order valence-electron chi connectivity index (χ4n) is 2.43. The van der Waals surface area contributed by atoms with Crippen LogP contribution < -0.4 is 4.90 Å². The Morgan fingerprint density at radius 1 is 1.16 bits per heavy atom. The van der Waals surface area contributed by atoms with Crippen LogP contribution in [0.4, 0.5) is 5.69 Å². The summed E-state index contributed by atoms with van der Waals surface area (Å²) in [4.78, 5) is 2.39. The maximum Gasteiger partial charge on any atom is 0.0642 e. The van der Waals surface area contributed by atoms with Gasteiger partial charge >= 0.3 is 0 Å². The molecule has 0 bridgehead atoms. The molecule has 1 aliphatic rings. The number of rotatable bonds is 4. The molecule has 1 aromatic carbocycles. The maximum absolute atomic E-state index is 5.40. The highest BCUT2D eigenvalue weighted by Gasteiger charge is 2.11. The van der Waals surface area contributed by atoms with E-state index in [-0.39, 0.29) is 0 Å². The van der Waals surface area contributed by atoms with Crippen LogP contribution in [0.15, 0.2) is 36.5 Å². The molecular formula is C15H19N3O. The number of ether oxygens (including phenoxy) is 1. The van der Waals surface area contributed by atoms with Crippen LogP contribution >= 0.6 is 0 Å². The van der Waals surface area contributed by atoms with Gasteiger partial charge < -0.3 is 9.64 Å². The van der Waals surface area contributed by atoms with Gasteiger partial charge in [0.1, 0.15) is 0 Å². The Balaban J connectivity index is 1.65. The van der Waals surface area contributed by atoms with Crippen molar-refractivity contribution < 1.29 is 4.74 Å². The third-order valence-electron chi connectivity index (χ3n) is 3.53. The highest BCUT2D eigenvalue weighted by Crippen LogP contribution is 2.18. The van der Waals surface area contributed by atoms with E-state index in [1.54, 1.807) is 6.20 Å². The van der Waals surface area contributed by atoms with Gasteiger partial charge in [0.2, 0.25) is 0 Å². The van der Waals surface area contributed by atoms with E-state index in [1.807, 2.05) is 6.07 Å². The Bertz CT molecular complexity index is 504. The molecule has 0 radical (unpaired) electrons. The SMILES string of the molecule is c1cc(CCc2ccn[nH]2)cc(N2CCOCC2)c1. The van der Waals surface area contributed by atoms with Crippen LogP contribution in [0.1, 0.15) is 11.3 Å². The van der Waals surface area contributed by atoms with E-state index >= 15 is 0 Å². The van der Waals surface area contributed by atoms with Crippen molar-refractivity contribution in [1.29, 1.82) is 0 Å². The average Bonchev–Trinajstić information content (AvgIpc) is 3.00. The molecule has 1 fully saturated rings. The molecule has 1 aliphatic heterocycles. The van der Waals surface area contributed by atoms with Crippen LogP contribution in [0.2, 0.25) is 0 Å². The van der Waals surface area contributed by atoms with Crippen molar-refractivity contribution in [3.8, 4) is 0 Å². The lowest BCUT2D eigenvalue weighted by atomic mass is 10.1. The molecule has 4 nitrogen and oxygen atoms in total. The molecule has 2 aromatic rings. The zero-order chi connectivity index (χ0) is 12.9. The zero-order valence-corrected chi connectivity index (χ0v) is 11.0. The van der Waals surface area contributed by atoms with Crippen molar-refractivity contribution >= 4 is 5.69 Å². The fraction of sp³-hybridized carbons (Fsp3) is 0.400. The lowest BCUT2D eigenvalue weighted by molar-refractivity contribution is 0.122. The second kappa shape index (κ2) is 5.89. The number of aromatic nitrogens is 2. The fourth-order valence-corrected chi connectivity index (χ4v) is 2.43. The number of nitrogens with one attached hydrogen (secondary N) is 1. The summed E-state index contributed by atoms with van der Waals surface area (Å²) in [5.74, 6) is 0. The quantitative estimate of drug-likeness (QED) is 0.911. The Hall–Kier alpha value is -1.81. The number of hydrogen-bond acceptors (Lipinski definition) is 3. The normalized spacial score (nSPS) is 15.7. The lowest BCUT2D eigenvalue weighted by Gasteiger charge is -2.29. The number of H-pyrrole nitrogens is 1. The molecule has 19 heavy (non-hydrogen) atoms. The molecule has 1 aromatic heterocycles. The standard InChI is InChI=1S/C15H19N3O/c1-2-13(4-5-14-6-7-16-17-14)12-15(3-1)18-8-10-19-11-9-18/h1-3,6-7,12H,4-5,8-11H2,(H,16,17). The minimum absolute atomic E-state index is 0.832. The van der Waals surface area contributed by atoms with Crippen LogP contribution in [0.3, 0.4) is 0 Å². The summed E-state index contributed by atoms with van der Waals surface area (Å²) in [6, 6.07) is 10.9. The predicted octanol–water partition coefficient (Wildman–Crippen LogP) is 2.03. The number of anilines is 1. The van der Waals surface area contributed by atoms with Gasteiger partial charge in [-0.2, -0.15) is 5.10 Å². The Morgan fingerprint density at radius 3 is 2.84 bits per heavy atom. The van der Waals surface area contributed by atoms with E-state index in [0.29, 0.717) is 0 Å². The topological polar surface area (TPSA) is 41.2 Å². The van der Waals surface area contributed by atoms with Gasteiger partial charge in [0.05, 0.1) is 13.2 Å². The second-order valence-electron chi connectivity index (χ2n) is 4.85. The van der Waals surface area contributed by atoms with Crippen LogP contribution in [0, 0.1) is 0 Å². The largest absolute Gasteiger partial charge is 0.378 e. The summed E-state index contributed by atoms with van der Waals surface area (Å²) in [5.41, 5.74) is 3.88. The van der Waals surface area contributed by atoms with Crippen LogP contribution in [-0.4, -0.2) is 36.5 Å². The van der Waals surface area contributed by atoms with E-state index in [1.165, 1.54) is 16.9 Å². The Kier molecular flexibility index (Phi) is 3.79. The molecular weight excluding hydrogens is 238 g/mol. The molecule has 0 aliphatic carbocycles. The average molecular weight is 257 g/mol. The van der Waals surface area contributed by atoms with Crippen molar-refractivity contribution in [3.63, 3.8) is 0 Å². The first-order valence-electron chi connectivity index (χ1n) is 6.82. The third-order valence-corrected chi connectivity index (χ3v) is 3.53. The van der Waals surface area contributed by atoms with E-state index in [2.05, 4.69) is 39.4 Å². The molecule has 1 saturated heterocycles. The highest BCUT2D eigenvalue weighted by atomic mass is 16.5. The van der Waals surface area contributed by atoms with Gasteiger partial charge in [0.15, 0.2) is 0 Å². The van der Waals surface area contributed by atoms with Gasteiger partial charge in [-0.3, -0.25) is 5.10 Å². The molecule has 2 heterocycles. The predicted molar refractivity (Wildman–Crippen MR) is 75.5 cm³/mol. The van der Waals surface area contributed by atoms with E-state index in [9.17, 15) is 0 Å². The van der Waals surface area contributed by atoms with Gasteiger partial charge in [0, 0.05) is 30.7 Å². The number of benzene rings is 1. The molecule has 0 spiro atoms. The monoisotopic (exact) mass is 257 g/mol. The number of aryl methyl sites for hydroxylation is 2. The smallest absolute Gasteiger partial charge is 0.0642 e. The molecule has 3 rings (SSSR count). The van der Waals surface area contributed by atoms with Gasteiger partial charge in [-0.05, 0) is 36.6 Å². The van der Waals surface area contributed by atoms with E-state index < -0.39 is 0 Å². The minimum atomic E-state index is 0.832. The van der Waals surface area contributed by atoms with Crippen LogP contribution in [-0.2, 0) is 17.6 Å². The van der Waals surface area contributed by atoms with Crippen LogP contribution in [0.5, 0.6) is 0 Å². The molecule has 1 N–H and O–H groups in total. The molecule has 0 amide bonds. The van der Waals surface area contributed by atoms with Crippen molar-refractivity contribution in [2.75, 3.05) is 31.2 Å². The Labute approximate surface area is 113 Å². The third kappa shape index (κ3) is 3.15. The summed E-state index contributed by atoms with van der Waals surface area (Å²) in [6.45, 7) is 3.64. The van der Waals surface area contributed by atoms with Gasteiger partial charge in [0.25, 0.3) is 0 Å². The molecule has 0 atom stereocenters. The number of morpholine rings is 1. The summed E-state index contributed by atoms with van der Waals surface area (Å²) >= 11 is 0. The first-order chi connectivity index (χ1) is 9.42. The van der Waals surface area contributed by atoms with Gasteiger partial charge in [-0.1, -0.05) is 12.1 Å². The first kappa shape index (κ1) is 12.2. The molecule has 4 heteroatoms. The molecule has 100 valence electrons. The first-order valence-corrected chi connectivity index (χ1v) is 6.82. The van der Waals surface area contributed by atoms with E-state index in [4.69, 9.17) is 4.74 Å². The van der Waals surface area contributed by atoms with Crippen molar-refractivity contribution in [2.24, 2.45) is 0 Å². The van der Waals surface area contributed by atoms with E-state index in [0.717, 1.165) is 39.1 Å². The van der Waals surface area contributed by atoms with Gasteiger partial charge in [-0.15, -0.1) is 0 Å². The molecule has 0 unspecified atom stereocenters. The summed E-state index contributed by atoms with van der Waals surface area (Å²) in [6.07, 6.45) is 3.85. The minimum Gasteiger partial charge on any atom is -0.378 e. The van der Waals surface area contributed by atoms with Gasteiger partial charge in [-0.25, -0.2) is 0 Å². The summed E-state index contributed by atoms with van der Waals surface area (Å²) in [5, 5.41) is 6.99. The Morgan fingerprint density at radius 2 is 2.05 bits per heavy atom. The van der Waals surface area contributed by atoms with Crippen molar-refractivity contribution in [3.05, 3.63) is 47.8 Å². The van der Waals surface area contributed by atoms with Crippen molar-refractivity contribution in [2.45, 2.75) is 12.8 Å². The number of hydrogen-bond donors (Lipinski definition) is 1. The zero-order valence-electron chi connectivity index (χ0n) is 11.0. The number of aromatic amines is 1.